The zero-order valence-corrected chi connectivity index (χ0v) is 15.4. The smallest absolute Gasteiger partial charge is 0.433 e. The highest BCUT2D eigenvalue weighted by molar-refractivity contribution is 7.92. The number of carbonyl (C=O) groups is 2. The van der Waals surface area contributed by atoms with E-state index in [0.29, 0.717) is 11.8 Å². The van der Waals surface area contributed by atoms with Crippen LogP contribution in [0.3, 0.4) is 0 Å². The first kappa shape index (κ1) is 20.6. The molecule has 1 unspecified atom stereocenters. The summed E-state index contributed by atoms with van der Waals surface area (Å²) in [7, 11) is -4.11. The van der Waals surface area contributed by atoms with Crippen LogP contribution >= 0.6 is 0 Å². The highest BCUT2D eigenvalue weighted by Crippen LogP contribution is 2.29. The Morgan fingerprint density at radius 1 is 1.17 bits per heavy atom. The minimum absolute atomic E-state index is 0.0181. The van der Waals surface area contributed by atoms with E-state index < -0.39 is 33.8 Å². The van der Waals surface area contributed by atoms with Crippen molar-refractivity contribution in [1.82, 2.24) is 4.98 Å². The van der Waals surface area contributed by atoms with Crippen LogP contribution in [-0.2, 0) is 25.8 Å². The molecule has 2 heterocycles. The Labute approximate surface area is 163 Å². The van der Waals surface area contributed by atoms with Crippen LogP contribution in [0.15, 0.2) is 47.5 Å². The summed E-state index contributed by atoms with van der Waals surface area (Å²) in [6.45, 7) is -0.0181. The summed E-state index contributed by atoms with van der Waals surface area (Å²) < 4.78 is 64.5. The number of hydrogen-bond donors (Lipinski definition) is 2. The van der Waals surface area contributed by atoms with Gasteiger partial charge in [-0.3, -0.25) is 14.3 Å². The number of alkyl halides is 3. The number of anilines is 2. The first-order chi connectivity index (χ1) is 13.5. The number of carbonyl (C=O) groups excluding carboxylic acids is 1. The summed E-state index contributed by atoms with van der Waals surface area (Å²) in [6.07, 6.45) is -4.03. The predicted molar refractivity (Wildman–Crippen MR) is 94.6 cm³/mol. The molecular weight excluding hydrogens is 415 g/mol. The maximum Gasteiger partial charge on any atom is 0.433 e. The van der Waals surface area contributed by atoms with Crippen LogP contribution < -0.4 is 9.62 Å². The second-order valence-corrected chi connectivity index (χ2v) is 7.96. The van der Waals surface area contributed by atoms with Gasteiger partial charge in [-0.15, -0.1) is 0 Å². The average Bonchev–Trinajstić information content (AvgIpc) is 3.03. The molecule has 12 heteroatoms. The summed E-state index contributed by atoms with van der Waals surface area (Å²) >= 11 is 0. The van der Waals surface area contributed by atoms with E-state index in [1.807, 2.05) is 0 Å². The second kappa shape index (κ2) is 7.35. The fourth-order valence-electron chi connectivity index (χ4n) is 2.76. The van der Waals surface area contributed by atoms with Crippen molar-refractivity contribution in [1.29, 1.82) is 0 Å². The molecule has 2 aromatic rings. The van der Waals surface area contributed by atoms with Gasteiger partial charge in [0.05, 0.1) is 22.7 Å². The van der Waals surface area contributed by atoms with Gasteiger partial charge in [0.2, 0.25) is 5.91 Å². The summed E-state index contributed by atoms with van der Waals surface area (Å²) in [5.74, 6) is -2.31. The number of benzene rings is 1. The highest BCUT2D eigenvalue weighted by atomic mass is 32.2. The van der Waals surface area contributed by atoms with E-state index in [-0.39, 0.29) is 29.5 Å². The zero-order chi connectivity index (χ0) is 21.4. The first-order valence-electron chi connectivity index (χ1n) is 8.17. The standard InChI is InChI=1S/C17H14F3N3O5S/c18-17(19,20)14-6-1-11(8-21-14)22-29(27,28)13-4-2-12(3-5-13)23-9-10(16(25)26)7-15(23)24/h1-6,8,10,22H,7,9H2,(H,25,26). The van der Waals surface area contributed by atoms with Gasteiger partial charge in [-0.2, -0.15) is 13.2 Å². The van der Waals surface area contributed by atoms with Crippen LogP contribution in [0.5, 0.6) is 0 Å². The molecule has 1 aromatic carbocycles. The van der Waals surface area contributed by atoms with Crippen LogP contribution in [0.4, 0.5) is 24.5 Å². The van der Waals surface area contributed by atoms with E-state index in [0.717, 1.165) is 12.3 Å². The lowest BCUT2D eigenvalue weighted by Crippen LogP contribution is -2.25. The molecule has 0 radical (unpaired) electrons. The van der Waals surface area contributed by atoms with Gasteiger partial charge >= 0.3 is 12.1 Å². The van der Waals surface area contributed by atoms with Gasteiger partial charge in [-0.1, -0.05) is 0 Å². The van der Waals surface area contributed by atoms with Crippen LogP contribution in [0.25, 0.3) is 0 Å². The summed E-state index contributed by atoms with van der Waals surface area (Å²) in [6, 6.07) is 6.70. The molecule has 1 saturated heterocycles. The molecule has 8 nitrogen and oxygen atoms in total. The molecule has 1 atom stereocenters. The van der Waals surface area contributed by atoms with E-state index in [1.165, 1.54) is 29.2 Å². The fraction of sp³-hybridized carbons (Fsp3) is 0.235. The Hall–Kier alpha value is -3.15. The molecule has 2 N–H and O–H groups in total. The number of carboxylic acid groups (broad SMARTS) is 1. The number of amides is 1. The number of nitrogens with zero attached hydrogens (tertiary/aromatic N) is 2. The topological polar surface area (TPSA) is 117 Å². The van der Waals surface area contributed by atoms with E-state index in [1.54, 1.807) is 0 Å². The summed E-state index contributed by atoms with van der Waals surface area (Å²) in [5.41, 5.74) is -0.963. The molecule has 1 aliphatic rings. The lowest BCUT2D eigenvalue weighted by atomic mass is 10.1. The van der Waals surface area contributed by atoms with Crippen molar-refractivity contribution in [3.8, 4) is 0 Å². The molecule has 0 bridgehead atoms. The molecule has 1 aliphatic heterocycles. The van der Waals surface area contributed by atoms with Crippen LogP contribution in [0.2, 0.25) is 0 Å². The predicted octanol–water partition coefficient (Wildman–Crippen LogP) is 2.34. The minimum atomic E-state index is -4.64. The molecule has 1 amide bonds. The maximum atomic E-state index is 12.5. The third-order valence-corrected chi connectivity index (χ3v) is 5.64. The van der Waals surface area contributed by atoms with Gasteiger partial charge < -0.3 is 10.0 Å². The van der Waals surface area contributed by atoms with Crippen LogP contribution in [0, 0.1) is 5.92 Å². The van der Waals surface area contributed by atoms with Crippen molar-refractivity contribution in [2.24, 2.45) is 5.92 Å². The fourth-order valence-corrected chi connectivity index (χ4v) is 3.81. The lowest BCUT2D eigenvalue weighted by molar-refractivity contribution is -0.142. The average molecular weight is 429 g/mol. The van der Waals surface area contributed by atoms with Crippen molar-refractivity contribution < 1.29 is 36.3 Å². The van der Waals surface area contributed by atoms with Gasteiger partial charge in [0.1, 0.15) is 5.69 Å². The zero-order valence-electron chi connectivity index (χ0n) is 14.5. The first-order valence-corrected chi connectivity index (χ1v) is 9.65. The normalized spacial score (nSPS) is 17.4. The largest absolute Gasteiger partial charge is 0.481 e. The van der Waals surface area contributed by atoms with E-state index in [2.05, 4.69) is 9.71 Å². The number of aromatic nitrogens is 1. The van der Waals surface area contributed by atoms with Gasteiger partial charge in [-0.25, -0.2) is 13.4 Å². The third-order valence-electron chi connectivity index (χ3n) is 4.24. The number of pyridine rings is 1. The van der Waals surface area contributed by atoms with E-state index in [9.17, 15) is 31.2 Å². The van der Waals surface area contributed by atoms with Crippen molar-refractivity contribution in [3.05, 3.63) is 48.3 Å². The number of hydrogen-bond acceptors (Lipinski definition) is 5. The van der Waals surface area contributed by atoms with Gasteiger partial charge in [0, 0.05) is 18.7 Å². The Morgan fingerprint density at radius 3 is 2.31 bits per heavy atom. The number of rotatable bonds is 5. The number of carboxylic acids is 1. The highest BCUT2D eigenvalue weighted by Gasteiger charge is 2.35. The number of halogens is 3. The van der Waals surface area contributed by atoms with E-state index in [4.69, 9.17) is 5.11 Å². The Bertz CT molecular complexity index is 1040. The molecule has 0 spiro atoms. The van der Waals surface area contributed by atoms with E-state index >= 15 is 0 Å². The molecule has 1 aromatic heterocycles. The Morgan fingerprint density at radius 2 is 1.83 bits per heavy atom. The van der Waals surface area contributed by atoms with Gasteiger partial charge in [0.15, 0.2) is 0 Å². The van der Waals surface area contributed by atoms with Crippen molar-refractivity contribution in [2.75, 3.05) is 16.2 Å². The van der Waals surface area contributed by atoms with Gasteiger partial charge in [-0.05, 0) is 36.4 Å². The Balaban J connectivity index is 1.75. The number of aliphatic carboxylic acids is 1. The van der Waals surface area contributed by atoms with Crippen molar-refractivity contribution in [3.63, 3.8) is 0 Å². The molecule has 1 fully saturated rings. The molecule has 29 heavy (non-hydrogen) atoms. The monoisotopic (exact) mass is 429 g/mol. The molecule has 0 aliphatic carbocycles. The molecule has 154 valence electrons. The van der Waals surface area contributed by atoms with Crippen LogP contribution in [-0.4, -0.2) is 36.9 Å². The molecule has 0 saturated carbocycles. The SMILES string of the molecule is O=C(O)C1CC(=O)N(c2ccc(S(=O)(=O)Nc3ccc(C(F)(F)F)nc3)cc2)C1. The second-order valence-electron chi connectivity index (χ2n) is 6.27. The summed E-state index contributed by atoms with van der Waals surface area (Å²) in [5, 5.41) is 9.01. The minimum Gasteiger partial charge on any atom is -0.481 e. The van der Waals surface area contributed by atoms with Crippen molar-refractivity contribution in [2.45, 2.75) is 17.5 Å². The van der Waals surface area contributed by atoms with Gasteiger partial charge in [0.25, 0.3) is 10.0 Å². The number of sulfonamides is 1. The number of nitrogens with one attached hydrogen (secondary N) is 1. The lowest BCUT2D eigenvalue weighted by Gasteiger charge is -2.16. The quantitative estimate of drug-likeness (QED) is 0.754. The Kier molecular flexibility index (Phi) is 5.22. The van der Waals surface area contributed by atoms with Crippen molar-refractivity contribution >= 4 is 33.3 Å². The molecule has 3 rings (SSSR count). The molecular formula is C17H14F3N3O5S. The maximum absolute atomic E-state index is 12.5. The summed E-state index contributed by atoms with van der Waals surface area (Å²) in [4.78, 5) is 27.2. The van der Waals surface area contributed by atoms with Crippen LogP contribution in [0.1, 0.15) is 12.1 Å². The third kappa shape index (κ3) is 4.47.